The minimum absolute atomic E-state index is 0.0590. The van der Waals surface area contributed by atoms with Crippen molar-refractivity contribution in [3.8, 4) is 0 Å². The van der Waals surface area contributed by atoms with Gasteiger partial charge in [-0.1, -0.05) is 36.8 Å². The van der Waals surface area contributed by atoms with E-state index in [1.54, 1.807) is 0 Å². The lowest BCUT2D eigenvalue weighted by Gasteiger charge is -2.11. The average molecular weight is 469 g/mol. The van der Waals surface area contributed by atoms with Gasteiger partial charge in [-0.15, -0.1) is 10.2 Å². The van der Waals surface area contributed by atoms with E-state index in [1.165, 1.54) is 41.7 Å². The zero-order valence-corrected chi connectivity index (χ0v) is 18.4. The molecule has 0 aliphatic heterocycles. The van der Waals surface area contributed by atoms with Crippen molar-refractivity contribution in [3.63, 3.8) is 0 Å². The Balaban J connectivity index is 1.80. The SMILES string of the molecule is CC(C)Cc1nnc(NC(=O)c2ccc(Cl)c(S(=O)(=O)Nc3ccc(F)cc3)c2)s1. The van der Waals surface area contributed by atoms with E-state index in [4.69, 9.17) is 11.6 Å². The van der Waals surface area contributed by atoms with Crippen LogP contribution in [0.2, 0.25) is 5.02 Å². The Kier molecular flexibility index (Phi) is 6.69. The number of rotatable bonds is 7. The fourth-order valence-corrected chi connectivity index (χ4v) is 5.02. The summed E-state index contributed by atoms with van der Waals surface area (Å²) in [6.07, 6.45) is 0.742. The van der Waals surface area contributed by atoms with Crippen LogP contribution in [-0.2, 0) is 16.4 Å². The van der Waals surface area contributed by atoms with E-state index < -0.39 is 21.7 Å². The number of carbonyl (C=O) groups is 1. The second-order valence-corrected chi connectivity index (χ2v) is 9.93. The maximum absolute atomic E-state index is 13.0. The van der Waals surface area contributed by atoms with Crippen LogP contribution in [0.15, 0.2) is 47.4 Å². The number of sulfonamides is 1. The standard InChI is InChI=1S/C19H18ClFN4O3S2/c1-11(2)9-17-23-24-19(29-17)22-18(26)12-3-8-15(20)16(10-12)30(27,28)25-14-6-4-13(21)5-7-14/h3-8,10-11,25H,9H2,1-2H3,(H,22,24,26). The lowest BCUT2D eigenvalue weighted by molar-refractivity contribution is 0.102. The van der Waals surface area contributed by atoms with Crippen molar-refractivity contribution in [2.75, 3.05) is 10.0 Å². The molecule has 0 unspecified atom stereocenters. The highest BCUT2D eigenvalue weighted by atomic mass is 35.5. The first kappa shape index (κ1) is 22.1. The summed E-state index contributed by atoms with van der Waals surface area (Å²) >= 11 is 7.32. The molecule has 3 rings (SSSR count). The zero-order chi connectivity index (χ0) is 21.9. The quantitative estimate of drug-likeness (QED) is 0.528. The number of aromatic nitrogens is 2. The molecule has 0 saturated heterocycles. The molecule has 2 N–H and O–H groups in total. The molecule has 0 fully saturated rings. The van der Waals surface area contributed by atoms with E-state index in [9.17, 15) is 17.6 Å². The van der Waals surface area contributed by atoms with Crippen LogP contribution < -0.4 is 10.0 Å². The molecule has 7 nitrogen and oxygen atoms in total. The number of amides is 1. The van der Waals surface area contributed by atoms with Crippen molar-refractivity contribution in [1.82, 2.24) is 10.2 Å². The molecule has 158 valence electrons. The van der Waals surface area contributed by atoms with E-state index >= 15 is 0 Å². The Hall–Kier alpha value is -2.56. The normalized spacial score (nSPS) is 11.5. The summed E-state index contributed by atoms with van der Waals surface area (Å²) in [5.41, 5.74) is 0.244. The Morgan fingerprint density at radius 2 is 1.87 bits per heavy atom. The Bertz CT molecular complexity index is 1160. The third-order valence-electron chi connectivity index (χ3n) is 3.85. The van der Waals surface area contributed by atoms with E-state index in [-0.39, 0.29) is 21.2 Å². The largest absolute Gasteiger partial charge is 0.296 e. The van der Waals surface area contributed by atoms with Gasteiger partial charge >= 0.3 is 0 Å². The molecule has 1 heterocycles. The summed E-state index contributed by atoms with van der Waals surface area (Å²) in [7, 11) is -4.10. The molecule has 1 aromatic heterocycles. The van der Waals surface area contributed by atoms with E-state index in [0.717, 1.165) is 23.6 Å². The van der Waals surface area contributed by atoms with E-state index in [2.05, 4.69) is 34.1 Å². The molecule has 11 heteroatoms. The third kappa shape index (κ3) is 5.53. The van der Waals surface area contributed by atoms with E-state index in [1.807, 2.05) is 0 Å². The van der Waals surface area contributed by atoms with Crippen LogP contribution >= 0.6 is 22.9 Å². The minimum atomic E-state index is -4.10. The first-order chi connectivity index (χ1) is 14.1. The van der Waals surface area contributed by atoms with Gasteiger partial charge in [-0.3, -0.25) is 14.8 Å². The lowest BCUT2D eigenvalue weighted by Crippen LogP contribution is -2.16. The van der Waals surface area contributed by atoms with Crippen LogP contribution in [0.3, 0.4) is 0 Å². The number of nitrogens with one attached hydrogen (secondary N) is 2. The summed E-state index contributed by atoms with van der Waals surface area (Å²) < 4.78 is 40.8. The predicted octanol–water partition coefficient (Wildman–Crippen LogP) is 4.58. The lowest BCUT2D eigenvalue weighted by atomic mass is 10.1. The van der Waals surface area contributed by atoms with Gasteiger partial charge in [0.05, 0.1) is 5.02 Å². The maximum atomic E-state index is 13.0. The molecular formula is C19H18ClFN4O3S2. The van der Waals surface area contributed by atoms with Gasteiger partial charge in [0.15, 0.2) is 0 Å². The van der Waals surface area contributed by atoms with Gasteiger partial charge in [0.2, 0.25) is 5.13 Å². The molecule has 0 atom stereocenters. The zero-order valence-electron chi connectivity index (χ0n) is 16.0. The summed E-state index contributed by atoms with van der Waals surface area (Å²) in [4.78, 5) is 12.3. The first-order valence-electron chi connectivity index (χ1n) is 8.86. The molecule has 30 heavy (non-hydrogen) atoms. The van der Waals surface area contributed by atoms with Gasteiger partial charge in [-0.25, -0.2) is 12.8 Å². The molecule has 0 aliphatic carbocycles. The van der Waals surface area contributed by atoms with Gasteiger partial charge in [0.25, 0.3) is 15.9 Å². The number of anilines is 2. The Morgan fingerprint density at radius 3 is 2.53 bits per heavy atom. The van der Waals surface area contributed by atoms with Crippen molar-refractivity contribution in [2.45, 2.75) is 25.2 Å². The van der Waals surface area contributed by atoms with Crippen LogP contribution in [0.4, 0.5) is 15.2 Å². The molecule has 0 spiro atoms. The number of benzene rings is 2. The smallest absolute Gasteiger partial charge is 0.263 e. The minimum Gasteiger partial charge on any atom is -0.296 e. The van der Waals surface area contributed by atoms with Crippen molar-refractivity contribution in [1.29, 1.82) is 0 Å². The highest BCUT2D eigenvalue weighted by Gasteiger charge is 2.21. The van der Waals surface area contributed by atoms with Crippen molar-refractivity contribution in [3.05, 3.63) is 63.9 Å². The highest BCUT2D eigenvalue weighted by Crippen LogP contribution is 2.26. The third-order valence-corrected chi connectivity index (χ3v) is 6.57. The van der Waals surface area contributed by atoms with Crippen molar-refractivity contribution in [2.24, 2.45) is 5.92 Å². The average Bonchev–Trinajstić information content (AvgIpc) is 3.09. The van der Waals surface area contributed by atoms with E-state index in [0.29, 0.717) is 11.0 Å². The van der Waals surface area contributed by atoms with Gasteiger partial charge in [-0.05, 0) is 48.4 Å². The summed E-state index contributed by atoms with van der Waals surface area (Å²) in [5.74, 6) is -0.640. The van der Waals surface area contributed by atoms with Crippen LogP contribution in [-0.4, -0.2) is 24.5 Å². The topological polar surface area (TPSA) is 101 Å². The molecule has 1 amide bonds. The highest BCUT2D eigenvalue weighted by molar-refractivity contribution is 7.92. The Labute approximate surface area is 182 Å². The summed E-state index contributed by atoms with van der Waals surface area (Å²) in [6, 6.07) is 8.70. The number of halogens is 2. The predicted molar refractivity (Wildman–Crippen MR) is 115 cm³/mol. The van der Waals surface area contributed by atoms with Crippen molar-refractivity contribution >= 4 is 49.7 Å². The van der Waals surface area contributed by atoms with Gasteiger partial charge in [0, 0.05) is 17.7 Å². The summed E-state index contributed by atoms with van der Waals surface area (Å²) in [5, 5.41) is 11.6. The van der Waals surface area contributed by atoms with Crippen LogP contribution in [0.1, 0.15) is 29.2 Å². The van der Waals surface area contributed by atoms with Gasteiger partial charge in [0.1, 0.15) is 15.7 Å². The fourth-order valence-electron chi connectivity index (χ4n) is 2.48. The molecule has 0 saturated carbocycles. The van der Waals surface area contributed by atoms with Crippen LogP contribution in [0.5, 0.6) is 0 Å². The first-order valence-corrected chi connectivity index (χ1v) is 11.5. The Morgan fingerprint density at radius 1 is 1.17 bits per heavy atom. The molecule has 2 aromatic carbocycles. The number of hydrogen-bond donors (Lipinski definition) is 2. The molecule has 3 aromatic rings. The van der Waals surface area contributed by atoms with Crippen LogP contribution in [0.25, 0.3) is 0 Å². The maximum Gasteiger partial charge on any atom is 0.263 e. The van der Waals surface area contributed by atoms with Crippen LogP contribution in [0, 0.1) is 11.7 Å². The molecular weight excluding hydrogens is 451 g/mol. The molecule has 0 bridgehead atoms. The molecule has 0 aliphatic rings. The van der Waals surface area contributed by atoms with Gasteiger partial charge < -0.3 is 0 Å². The fraction of sp³-hybridized carbons (Fsp3) is 0.211. The number of nitrogens with zero attached hydrogens (tertiary/aromatic N) is 2. The second kappa shape index (κ2) is 9.07. The summed E-state index contributed by atoms with van der Waals surface area (Å²) in [6.45, 7) is 4.10. The second-order valence-electron chi connectivity index (χ2n) is 6.81. The molecule has 0 radical (unpaired) electrons. The van der Waals surface area contributed by atoms with Gasteiger partial charge in [-0.2, -0.15) is 0 Å². The monoisotopic (exact) mass is 468 g/mol. The van der Waals surface area contributed by atoms with Crippen molar-refractivity contribution < 1.29 is 17.6 Å². The number of carbonyl (C=O) groups excluding carboxylic acids is 1. The number of hydrogen-bond acceptors (Lipinski definition) is 6.